The van der Waals surface area contributed by atoms with Gasteiger partial charge in [-0.1, -0.05) is 22.0 Å². The van der Waals surface area contributed by atoms with Crippen LogP contribution in [0.15, 0.2) is 28.9 Å². The lowest BCUT2D eigenvalue weighted by atomic mass is 10.1. The Balaban J connectivity index is 1.78. The van der Waals surface area contributed by atoms with E-state index in [4.69, 9.17) is 5.11 Å². The number of nitrogens with one attached hydrogen (secondary N) is 1. The summed E-state index contributed by atoms with van der Waals surface area (Å²) in [4.78, 5) is 17.4. The first-order valence-corrected chi connectivity index (χ1v) is 7.61. The summed E-state index contributed by atoms with van der Waals surface area (Å²) in [6.07, 6.45) is 3.22. The molecule has 1 atom stereocenters. The maximum absolute atomic E-state index is 12.3. The Labute approximate surface area is 125 Å². The fraction of sp³-hybridized carbons (Fsp3) is 0.400. The van der Waals surface area contributed by atoms with Crippen LogP contribution >= 0.6 is 15.9 Å². The average molecular weight is 337 g/mol. The number of carbonyl (C=O) groups excluding carboxylic acids is 1. The van der Waals surface area contributed by atoms with E-state index in [1.807, 2.05) is 29.3 Å². The third-order valence-electron chi connectivity index (χ3n) is 3.98. The summed E-state index contributed by atoms with van der Waals surface area (Å²) in [5.74, 6) is 0.381. The summed E-state index contributed by atoms with van der Waals surface area (Å²) >= 11 is 3.54. The lowest BCUT2D eigenvalue weighted by Gasteiger charge is -2.16. The van der Waals surface area contributed by atoms with Gasteiger partial charge in [0.25, 0.3) is 0 Å². The van der Waals surface area contributed by atoms with Crippen LogP contribution in [0.1, 0.15) is 12.0 Å². The molecule has 0 bridgehead atoms. The first kappa shape index (κ1) is 13.6. The van der Waals surface area contributed by atoms with Gasteiger partial charge in [0, 0.05) is 47.2 Å². The van der Waals surface area contributed by atoms with Gasteiger partial charge in [-0.25, -0.2) is 0 Å². The summed E-state index contributed by atoms with van der Waals surface area (Å²) in [6.45, 7) is 1.61. The van der Waals surface area contributed by atoms with Crippen LogP contribution in [0.5, 0.6) is 0 Å². The maximum Gasteiger partial charge on any atom is 0.227 e. The van der Waals surface area contributed by atoms with Gasteiger partial charge in [0.05, 0.1) is 6.42 Å². The molecule has 1 unspecified atom stereocenters. The molecule has 2 heterocycles. The zero-order valence-electron chi connectivity index (χ0n) is 11.1. The van der Waals surface area contributed by atoms with Crippen molar-refractivity contribution in [1.29, 1.82) is 0 Å². The highest BCUT2D eigenvalue weighted by atomic mass is 79.9. The van der Waals surface area contributed by atoms with Crippen molar-refractivity contribution in [1.82, 2.24) is 9.88 Å². The van der Waals surface area contributed by atoms with Crippen molar-refractivity contribution in [2.24, 2.45) is 5.92 Å². The number of aromatic nitrogens is 1. The number of halogens is 1. The first-order valence-electron chi connectivity index (χ1n) is 6.82. The van der Waals surface area contributed by atoms with Gasteiger partial charge in [0.2, 0.25) is 5.91 Å². The average Bonchev–Trinajstić information content (AvgIpc) is 3.06. The molecule has 1 fully saturated rings. The minimum Gasteiger partial charge on any atom is -0.396 e. The molecular weight excluding hydrogens is 320 g/mol. The number of aliphatic hydroxyl groups excluding tert-OH is 1. The van der Waals surface area contributed by atoms with Crippen molar-refractivity contribution >= 4 is 32.7 Å². The molecule has 3 rings (SSSR count). The molecule has 1 aliphatic rings. The largest absolute Gasteiger partial charge is 0.396 e. The smallest absolute Gasteiger partial charge is 0.227 e. The number of hydrogen-bond donors (Lipinski definition) is 2. The van der Waals surface area contributed by atoms with Crippen molar-refractivity contribution in [2.45, 2.75) is 12.8 Å². The van der Waals surface area contributed by atoms with E-state index in [1.54, 1.807) is 0 Å². The van der Waals surface area contributed by atoms with Crippen LogP contribution in [0.3, 0.4) is 0 Å². The van der Waals surface area contributed by atoms with E-state index in [2.05, 4.69) is 20.9 Å². The molecule has 20 heavy (non-hydrogen) atoms. The highest BCUT2D eigenvalue weighted by molar-refractivity contribution is 9.10. The predicted molar refractivity (Wildman–Crippen MR) is 81.5 cm³/mol. The molecule has 1 saturated heterocycles. The Morgan fingerprint density at radius 1 is 1.50 bits per heavy atom. The minimum atomic E-state index is 0.137. The highest BCUT2D eigenvalue weighted by Crippen LogP contribution is 2.28. The zero-order chi connectivity index (χ0) is 14.1. The lowest BCUT2D eigenvalue weighted by molar-refractivity contribution is -0.129. The minimum absolute atomic E-state index is 0.137. The molecule has 5 heteroatoms. The Morgan fingerprint density at radius 3 is 3.10 bits per heavy atom. The van der Waals surface area contributed by atoms with Crippen LogP contribution in [-0.4, -0.2) is 40.6 Å². The van der Waals surface area contributed by atoms with Crippen molar-refractivity contribution in [3.63, 3.8) is 0 Å². The van der Waals surface area contributed by atoms with E-state index in [0.29, 0.717) is 13.0 Å². The molecule has 0 radical (unpaired) electrons. The molecule has 0 aliphatic carbocycles. The Kier molecular flexibility index (Phi) is 3.81. The van der Waals surface area contributed by atoms with E-state index >= 15 is 0 Å². The fourth-order valence-electron chi connectivity index (χ4n) is 2.83. The van der Waals surface area contributed by atoms with Crippen LogP contribution in [0.25, 0.3) is 10.9 Å². The number of rotatable bonds is 3. The number of hydrogen-bond acceptors (Lipinski definition) is 2. The van der Waals surface area contributed by atoms with Gasteiger partial charge in [-0.15, -0.1) is 0 Å². The first-order chi connectivity index (χ1) is 9.69. The number of carbonyl (C=O) groups is 1. The second kappa shape index (κ2) is 5.58. The molecule has 4 nitrogen and oxygen atoms in total. The van der Waals surface area contributed by atoms with Crippen molar-refractivity contribution in [2.75, 3.05) is 19.7 Å². The quantitative estimate of drug-likeness (QED) is 0.903. The number of fused-ring (bicyclic) bond motifs is 1. The summed E-state index contributed by atoms with van der Waals surface area (Å²) in [6, 6.07) is 5.97. The number of benzene rings is 1. The van der Waals surface area contributed by atoms with Crippen molar-refractivity contribution in [3.8, 4) is 0 Å². The maximum atomic E-state index is 12.3. The van der Waals surface area contributed by atoms with Crippen LogP contribution in [0.4, 0.5) is 0 Å². The monoisotopic (exact) mass is 336 g/mol. The standard InChI is InChI=1S/C15H17BrN2O2/c16-12-2-1-3-13-15(12)11(7-17-13)6-14(20)18-5-4-10(8-18)9-19/h1-3,7,10,17,19H,4-6,8-9H2. The molecule has 1 aromatic heterocycles. The SMILES string of the molecule is O=C(Cc1c[nH]c2cccc(Br)c12)N1CCC(CO)C1. The molecule has 0 spiro atoms. The summed E-state index contributed by atoms with van der Waals surface area (Å²) in [7, 11) is 0. The van der Waals surface area contributed by atoms with Crippen LogP contribution in [0.2, 0.25) is 0 Å². The second-order valence-corrected chi connectivity index (χ2v) is 6.18. The molecule has 2 aromatic rings. The van der Waals surface area contributed by atoms with Gasteiger partial charge in [-0.3, -0.25) is 4.79 Å². The third kappa shape index (κ3) is 2.47. The fourth-order valence-corrected chi connectivity index (χ4v) is 3.45. The van der Waals surface area contributed by atoms with Gasteiger partial charge >= 0.3 is 0 Å². The van der Waals surface area contributed by atoms with E-state index in [9.17, 15) is 4.79 Å². The Morgan fingerprint density at radius 2 is 2.35 bits per heavy atom. The number of likely N-dealkylation sites (tertiary alicyclic amines) is 1. The van der Waals surface area contributed by atoms with E-state index < -0.39 is 0 Å². The topological polar surface area (TPSA) is 56.3 Å². The lowest BCUT2D eigenvalue weighted by Crippen LogP contribution is -2.30. The van der Waals surface area contributed by atoms with Gasteiger partial charge in [0.1, 0.15) is 0 Å². The van der Waals surface area contributed by atoms with Gasteiger partial charge < -0.3 is 15.0 Å². The molecular formula is C15H17BrN2O2. The third-order valence-corrected chi connectivity index (χ3v) is 4.64. The second-order valence-electron chi connectivity index (χ2n) is 5.33. The molecule has 0 saturated carbocycles. The van der Waals surface area contributed by atoms with Crippen molar-refractivity contribution < 1.29 is 9.90 Å². The molecule has 2 N–H and O–H groups in total. The molecule has 106 valence electrons. The molecule has 1 amide bonds. The Bertz CT molecular complexity index is 638. The predicted octanol–water partition coefficient (Wildman–Crippen LogP) is 2.31. The number of aliphatic hydroxyl groups is 1. The van der Waals surface area contributed by atoms with Crippen LogP contribution in [0, 0.1) is 5.92 Å². The summed E-state index contributed by atoms with van der Waals surface area (Å²) in [5.41, 5.74) is 2.06. The van der Waals surface area contributed by atoms with Crippen LogP contribution in [-0.2, 0) is 11.2 Å². The van der Waals surface area contributed by atoms with Crippen LogP contribution < -0.4 is 0 Å². The van der Waals surface area contributed by atoms with Gasteiger partial charge in [0.15, 0.2) is 0 Å². The summed E-state index contributed by atoms with van der Waals surface area (Å²) in [5, 5.41) is 10.2. The number of aromatic amines is 1. The number of H-pyrrole nitrogens is 1. The number of nitrogens with zero attached hydrogens (tertiary/aromatic N) is 1. The van der Waals surface area contributed by atoms with E-state index in [1.165, 1.54) is 0 Å². The van der Waals surface area contributed by atoms with E-state index in [-0.39, 0.29) is 18.4 Å². The molecule has 1 aliphatic heterocycles. The zero-order valence-corrected chi connectivity index (χ0v) is 12.7. The van der Waals surface area contributed by atoms with E-state index in [0.717, 1.165) is 33.9 Å². The van der Waals surface area contributed by atoms with Crippen molar-refractivity contribution in [3.05, 3.63) is 34.4 Å². The summed E-state index contributed by atoms with van der Waals surface area (Å²) < 4.78 is 1.01. The highest BCUT2D eigenvalue weighted by Gasteiger charge is 2.26. The van der Waals surface area contributed by atoms with Gasteiger partial charge in [-0.05, 0) is 24.1 Å². The number of amides is 1. The molecule has 1 aromatic carbocycles. The Hall–Kier alpha value is -1.33. The normalized spacial score (nSPS) is 18.9. The van der Waals surface area contributed by atoms with Gasteiger partial charge in [-0.2, -0.15) is 0 Å².